The molecule has 8 aromatic rings. The van der Waals surface area contributed by atoms with Crippen molar-refractivity contribution in [1.29, 1.82) is 0 Å². The van der Waals surface area contributed by atoms with Gasteiger partial charge in [0.05, 0.1) is 0 Å². The van der Waals surface area contributed by atoms with Crippen LogP contribution in [0.1, 0.15) is 26.3 Å². The van der Waals surface area contributed by atoms with Crippen molar-refractivity contribution in [1.82, 2.24) is 9.97 Å². The number of pyridine rings is 2. The fourth-order valence-corrected chi connectivity index (χ4v) is 6.40. The Hall–Kier alpha value is -5.05. The molecule has 0 saturated carbocycles. The average Bonchev–Trinajstić information content (AvgIpc) is 3.48. The van der Waals surface area contributed by atoms with E-state index >= 15 is 0 Å². The van der Waals surface area contributed by atoms with Gasteiger partial charge in [-0.3, -0.25) is 4.98 Å². The van der Waals surface area contributed by atoms with Crippen LogP contribution in [0.2, 0.25) is 0 Å². The van der Waals surface area contributed by atoms with E-state index in [-0.39, 0.29) is 26.5 Å². The molecule has 3 aromatic heterocycles. The SMILES string of the molecule is CC(C)(C)Cc1ccc2c(ccc3c4ccnc(-c5[c-]c(N(c6ccccc6)c6cccc(-c7[c-]cccc7)n6)ccc5)c4oc23)c1.[Pt+2]. The molecule has 4 nitrogen and oxygen atoms in total. The van der Waals surface area contributed by atoms with E-state index in [1.165, 1.54) is 10.9 Å². The van der Waals surface area contributed by atoms with Gasteiger partial charge in [-0.2, -0.15) is 0 Å². The van der Waals surface area contributed by atoms with Crippen molar-refractivity contribution in [3.63, 3.8) is 0 Å². The molecule has 0 aliphatic heterocycles. The summed E-state index contributed by atoms with van der Waals surface area (Å²) in [5.74, 6) is 0.784. The van der Waals surface area contributed by atoms with Crippen LogP contribution in [-0.4, -0.2) is 9.97 Å². The Bertz CT molecular complexity index is 2380. The molecule has 0 aliphatic carbocycles. The van der Waals surface area contributed by atoms with Gasteiger partial charge in [0.25, 0.3) is 0 Å². The summed E-state index contributed by atoms with van der Waals surface area (Å²) < 4.78 is 6.71. The third-order valence-corrected chi connectivity index (χ3v) is 8.41. The number of rotatable bonds is 6. The zero-order valence-corrected chi connectivity index (χ0v) is 29.2. The van der Waals surface area contributed by atoms with Crippen molar-refractivity contribution < 1.29 is 25.5 Å². The molecule has 0 radical (unpaired) electrons. The Labute approximate surface area is 295 Å². The second-order valence-electron chi connectivity index (χ2n) is 13.2. The molecule has 3 heterocycles. The van der Waals surface area contributed by atoms with Crippen LogP contribution in [0, 0.1) is 17.5 Å². The molecular weight excluding hydrogens is 770 g/mol. The summed E-state index contributed by atoms with van der Waals surface area (Å²) in [4.78, 5) is 12.0. The molecule has 0 unspecified atom stereocenters. The summed E-state index contributed by atoms with van der Waals surface area (Å²) >= 11 is 0. The molecule has 0 amide bonds. The summed E-state index contributed by atoms with van der Waals surface area (Å²) in [7, 11) is 0. The van der Waals surface area contributed by atoms with Gasteiger partial charge in [0, 0.05) is 33.7 Å². The summed E-state index contributed by atoms with van der Waals surface area (Å²) in [6.45, 7) is 6.82. The molecule has 0 atom stereocenters. The normalized spacial score (nSPS) is 11.6. The maximum absolute atomic E-state index is 6.71. The summed E-state index contributed by atoms with van der Waals surface area (Å²) in [5, 5.41) is 4.41. The number of hydrogen-bond acceptors (Lipinski definition) is 4. The second kappa shape index (κ2) is 12.9. The molecule has 0 spiro atoms. The first kappa shape index (κ1) is 31.5. The van der Waals surface area contributed by atoms with Crippen LogP contribution in [-0.2, 0) is 27.5 Å². The summed E-state index contributed by atoms with van der Waals surface area (Å²) in [6, 6.07) is 50.5. The number of furan rings is 1. The fraction of sp³-hybridized carbons (Fsp3) is 0.116. The van der Waals surface area contributed by atoms with Crippen LogP contribution in [0.15, 0.2) is 138 Å². The van der Waals surface area contributed by atoms with E-state index in [0.717, 1.165) is 73.5 Å². The molecule has 5 aromatic carbocycles. The number of nitrogens with zero attached hydrogens (tertiary/aromatic N) is 3. The third-order valence-electron chi connectivity index (χ3n) is 8.41. The van der Waals surface area contributed by atoms with Gasteiger partial charge in [-0.15, -0.1) is 65.7 Å². The van der Waals surface area contributed by atoms with E-state index in [0.29, 0.717) is 0 Å². The van der Waals surface area contributed by atoms with Crippen molar-refractivity contribution in [3.05, 3.63) is 151 Å². The zero-order chi connectivity index (χ0) is 32.0. The Morgan fingerprint density at radius 1 is 0.708 bits per heavy atom. The Morgan fingerprint density at radius 2 is 1.48 bits per heavy atom. The van der Waals surface area contributed by atoms with Crippen LogP contribution >= 0.6 is 0 Å². The first-order valence-corrected chi connectivity index (χ1v) is 16.0. The van der Waals surface area contributed by atoms with Gasteiger partial charge in [-0.05, 0) is 64.5 Å². The minimum Gasteiger partial charge on any atom is -0.463 e. The number of fused-ring (bicyclic) bond motifs is 5. The van der Waals surface area contributed by atoms with Crippen LogP contribution in [0.5, 0.6) is 0 Å². The minimum atomic E-state index is 0. The van der Waals surface area contributed by atoms with Gasteiger partial charge in [0.1, 0.15) is 17.0 Å². The van der Waals surface area contributed by atoms with Crippen molar-refractivity contribution in [3.8, 4) is 22.5 Å². The van der Waals surface area contributed by atoms with E-state index < -0.39 is 0 Å². The molecule has 0 fully saturated rings. The summed E-state index contributed by atoms with van der Waals surface area (Å²) in [5.41, 5.74) is 8.42. The predicted molar refractivity (Wildman–Crippen MR) is 193 cm³/mol. The largest absolute Gasteiger partial charge is 2.00 e. The second-order valence-corrected chi connectivity index (χ2v) is 13.2. The standard InChI is InChI=1S/C43H33N3O.Pt/c1-43(2,3)28-29-20-22-35-31(26-29)21-23-36-37-24-25-44-40(42(37)47-41(35)36)32-14-10-17-34(27-32)46(33-15-8-5-9-16-33)39-19-11-18-38(45-39)30-12-6-4-7-13-30;/h4-12,14-26H,28H2,1-3H3;/q-2;+2. The molecule has 8 rings (SSSR count). The Balaban J connectivity index is 0.00000364. The first-order valence-electron chi connectivity index (χ1n) is 16.0. The van der Waals surface area contributed by atoms with Gasteiger partial charge < -0.3 is 14.3 Å². The predicted octanol–water partition coefficient (Wildman–Crippen LogP) is 11.5. The monoisotopic (exact) mass is 802 g/mol. The molecule has 48 heavy (non-hydrogen) atoms. The van der Waals surface area contributed by atoms with Crippen molar-refractivity contribution in [2.24, 2.45) is 5.41 Å². The number of aromatic nitrogens is 2. The van der Waals surface area contributed by atoms with E-state index in [9.17, 15) is 0 Å². The van der Waals surface area contributed by atoms with Crippen LogP contribution in [0.3, 0.4) is 0 Å². The number of para-hydroxylation sites is 1. The molecule has 5 heteroatoms. The van der Waals surface area contributed by atoms with Crippen LogP contribution in [0.25, 0.3) is 55.2 Å². The molecule has 0 bridgehead atoms. The van der Waals surface area contributed by atoms with Gasteiger partial charge in [-0.1, -0.05) is 75.4 Å². The third kappa shape index (κ3) is 6.05. The van der Waals surface area contributed by atoms with Crippen LogP contribution in [0.4, 0.5) is 17.2 Å². The van der Waals surface area contributed by atoms with Gasteiger partial charge in [0.2, 0.25) is 0 Å². The van der Waals surface area contributed by atoms with E-state index in [2.05, 4.69) is 86.3 Å². The Kier molecular flexibility index (Phi) is 8.45. The smallest absolute Gasteiger partial charge is 0.463 e. The van der Waals surface area contributed by atoms with Crippen molar-refractivity contribution in [2.75, 3.05) is 4.90 Å². The average molecular weight is 803 g/mol. The Morgan fingerprint density at radius 3 is 2.29 bits per heavy atom. The molecule has 0 N–H and O–H groups in total. The molecule has 236 valence electrons. The quantitative estimate of drug-likeness (QED) is 0.157. The van der Waals surface area contributed by atoms with Crippen LogP contribution < -0.4 is 4.90 Å². The number of benzene rings is 5. The summed E-state index contributed by atoms with van der Waals surface area (Å²) in [6.07, 6.45) is 2.88. The fourth-order valence-electron chi connectivity index (χ4n) is 6.40. The van der Waals surface area contributed by atoms with E-state index in [1.807, 2.05) is 85.1 Å². The maximum Gasteiger partial charge on any atom is 2.00 e. The number of anilines is 3. The van der Waals surface area contributed by atoms with E-state index in [4.69, 9.17) is 14.4 Å². The van der Waals surface area contributed by atoms with Crippen molar-refractivity contribution >= 4 is 49.9 Å². The maximum atomic E-state index is 6.71. The topological polar surface area (TPSA) is 42.2 Å². The first-order chi connectivity index (χ1) is 22.9. The number of hydrogen-bond donors (Lipinski definition) is 0. The van der Waals surface area contributed by atoms with E-state index in [1.54, 1.807) is 0 Å². The zero-order valence-electron chi connectivity index (χ0n) is 27.0. The van der Waals surface area contributed by atoms with Gasteiger partial charge in [0.15, 0.2) is 0 Å². The van der Waals surface area contributed by atoms with Crippen molar-refractivity contribution in [2.45, 2.75) is 27.2 Å². The van der Waals surface area contributed by atoms with Gasteiger partial charge in [-0.25, -0.2) is 0 Å². The molecule has 0 saturated heterocycles. The van der Waals surface area contributed by atoms with Gasteiger partial charge >= 0.3 is 21.1 Å². The molecular formula is C43H33N3OPt. The molecule has 0 aliphatic rings. The minimum absolute atomic E-state index is 0.